The fourth-order valence-electron chi connectivity index (χ4n) is 9.83. The van der Waals surface area contributed by atoms with Crippen LogP contribution in [0.15, 0.2) is 48.6 Å². The van der Waals surface area contributed by atoms with Crippen molar-refractivity contribution in [3.8, 4) is 0 Å². The molecule has 1 amide bonds. The molecule has 7 unspecified atom stereocenters. The van der Waals surface area contributed by atoms with Gasteiger partial charge >= 0.3 is 5.97 Å². The van der Waals surface area contributed by atoms with Crippen LogP contribution < -0.4 is 5.32 Å². The van der Waals surface area contributed by atoms with Crippen molar-refractivity contribution in [2.45, 2.75) is 333 Å². The average molecular weight is 1070 g/mol. The van der Waals surface area contributed by atoms with Gasteiger partial charge < -0.3 is 45.1 Å². The maximum Gasteiger partial charge on any atom is 0.305 e. The second kappa shape index (κ2) is 54.6. The first kappa shape index (κ1) is 71.6. The summed E-state index contributed by atoms with van der Waals surface area (Å²) in [5.74, 6) is -0.207. The standard InChI is InChI=1S/C65H119NO10/c1-3-5-7-9-11-13-14-15-16-27-30-33-37-41-45-49-53-61(70)74-54-50-46-42-38-34-31-28-25-23-21-19-17-18-20-22-24-26-29-32-36-40-44-48-52-60(69)66-57(58(68)51-47-43-39-35-12-10-8-6-4-2)56-75-65-64(73)63(72)62(71)59(55-67)76-65/h12,17,19-20,22,35,47,51,57-59,62-65,67-68,71-73H,3-11,13-16,18,21,23-34,36-46,48-50,52-56H2,1-2H3,(H,66,69)/b19-17-,22-20-,35-12+,51-47+. The Balaban J connectivity index is 2.00. The molecule has 0 radical (unpaired) electrons. The van der Waals surface area contributed by atoms with Gasteiger partial charge in [0.2, 0.25) is 5.91 Å². The summed E-state index contributed by atoms with van der Waals surface area (Å²) >= 11 is 0. The van der Waals surface area contributed by atoms with Gasteiger partial charge in [0.25, 0.3) is 0 Å². The normalized spacial score (nSPS) is 19.0. The van der Waals surface area contributed by atoms with Crippen molar-refractivity contribution < 1.29 is 49.3 Å². The first-order valence-corrected chi connectivity index (χ1v) is 31.9. The smallest absolute Gasteiger partial charge is 0.305 e. The Labute approximate surface area is 466 Å². The van der Waals surface area contributed by atoms with Crippen LogP contribution in [0.5, 0.6) is 0 Å². The summed E-state index contributed by atoms with van der Waals surface area (Å²) in [4.78, 5) is 25.1. The van der Waals surface area contributed by atoms with Crippen LogP contribution in [0.2, 0.25) is 0 Å². The van der Waals surface area contributed by atoms with Crippen LogP contribution in [0.3, 0.4) is 0 Å². The molecule has 0 saturated carbocycles. The van der Waals surface area contributed by atoms with Gasteiger partial charge in [-0.25, -0.2) is 0 Å². The van der Waals surface area contributed by atoms with Crippen LogP contribution in [0.4, 0.5) is 0 Å². The van der Waals surface area contributed by atoms with E-state index < -0.39 is 49.5 Å². The Morgan fingerprint density at radius 1 is 0.487 bits per heavy atom. The minimum atomic E-state index is -1.58. The van der Waals surface area contributed by atoms with Gasteiger partial charge in [-0.15, -0.1) is 0 Å². The second-order valence-electron chi connectivity index (χ2n) is 22.1. The predicted molar refractivity (Wildman–Crippen MR) is 315 cm³/mol. The molecule has 0 aromatic carbocycles. The van der Waals surface area contributed by atoms with Crippen LogP contribution >= 0.6 is 0 Å². The summed E-state index contributed by atoms with van der Waals surface area (Å²) in [5, 5.41) is 54.2. The molecule has 0 aromatic rings. The van der Waals surface area contributed by atoms with Crippen LogP contribution in [0.1, 0.15) is 290 Å². The van der Waals surface area contributed by atoms with Crippen molar-refractivity contribution in [1.82, 2.24) is 5.32 Å². The minimum Gasteiger partial charge on any atom is -0.466 e. The monoisotopic (exact) mass is 1070 g/mol. The molecule has 6 N–H and O–H groups in total. The second-order valence-corrected chi connectivity index (χ2v) is 22.1. The number of carbonyl (C=O) groups is 2. The predicted octanol–water partition coefficient (Wildman–Crippen LogP) is 15.2. The lowest BCUT2D eigenvalue weighted by atomic mass is 9.99. The number of esters is 1. The molecule has 1 saturated heterocycles. The Morgan fingerprint density at radius 2 is 0.895 bits per heavy atom. The van der Waals surface area contributed by atoms with Crippen LogP contribution in [-0.2, 0) is 23.8 Å². The van der Waals surface area contributed by atoms with Crippen molar-refractivity contribution in [3.05, 3.63) is 48.6 Å². The number of nitrogens with one attached hydrogen (secondary N) is 1. The molecule has 1 aliphatic heterocycles. The molecule has 444 valence electrons. The Kier molecular flexibility index (Phi) is 51.4. The topological polar surface area (TPSA) is 175 Å². The van der Waals surface area contributed by atoms with E-state index in [-0.39, 0.29) is 18.5 Å². The fraction of sp³-hybridized carbons (Fsp3) is 0.846. The Morgan fingerprint density at radius 3 is 1.41 bits per heavy atom. The van der Waals surface area contributed by atoms with E-state index in [9.17, 15) is 35.1 Å². The maximum atomic E-state index is 13.0. The van der Waals surface area contributed by atoms with Gasteiger partial charge in [0, 0.05) is 12.8 Å². The van der Waals surface area contributed by atoms with E-state index in [2.05, 4.69) is 55.6 Å². The van der Waals surface area contributed by atoms with Gasteiger partial charge in [-0.1, -0.05) is 249 Å². The number of aliphatic hydroxyl groups excluding tert-OH is 5. The summed E-state index contributed by atoms with van der Waals surface area (Å²) in [7, 11) is 0. The SMILES string of the molecule is CCCCC/C=C/CC/C=C/C(O)C(COC1OC(CO)C(O)C(O)C1O)NC(=O)CCCCCCCCC/C=C\C/C=C\CCCCCCCCCCCOC(=O)CCCCCCCCCCCCCCCCCC. The number of carbonyl (C=O) groups excluding carboxylic acids is 2. The van der Waals surface area contributed by atoms with Crippen molar-refractivity contribution in [2.75, 3.05) is 19.8 Å². The molecule has 0 bridgehead atoms. The third-order valence-electron chi connectivity index (χ3n) is 14.9. The van der Waals surface area contributed by atoms with E-state index in [1.807, 2.05) is 6.08 Å². The molecule has 11 nitrogen and oxygen atoms in total. The Hall–Kier alpha value is -2.38. The van der Waals surface area contributed by atoms with Crippen LogP contribution in [-0.4, -0.2) is 100 Å². The molecular weight excluding hydrogens is 955 g/mol. The van der Waals surface area contributed by atoms with Crippen molar-refractivity contribution in [3.63, 3.8) is 0 Å². The summed E-state index contributed by atoms with van der Waals surface area (Å²) in [6.07, 6.45) is 59.5. The lowest BCUT2D eigenvalue weighted by Crippen LogP contribution is -2.60. The molecule has 0 aliphatic carbocycles. The molecule has 0 spiro atoms. The van der Waals surface area contributed by atoms with Gasteiger partial charge in [-0.3, -0.25) is 9.59 Å². The molecule has 11 heteroatoms. The van der Waals surface area contributed by atoms with E-state index in [4.69, 9.17) is 14.2 Å². The number of hydrogen-bond donors (Lipinski definition) is 6. The zero-order valence-corrected chi connectivity index (χ0v) is 49.0. The zero-order valence-electron chi connectivity index (χ0n) is 49.0. The van der Waals surface area contributed by atoms with E-state index >= 15 is 0 Å². The first-order chi connectivity index (χ1) is 37.2. The van der Waals surface area contributed by atoms with Crippen LogP contribution in [0.25, 0.3) is 0 Å². The van der Waals surface area contributed by atoms with Gasteiger partial charge in [0.15, 0.2) is 6.29 Å². The highest BCUT2D eigenvalue weighted by molar-refractivity contribution is 5.76. The third-order valence-corrected chi connectivity index (χ3v) is 14.9. The van der Waals surface area contributed by atoms with Crippen LogP contribution in [0, 0.1) is 0 Å². The molecule has 7 atom stereocenters. The number of unbranched alkanes of at least 4 members (excludes halogenated alkanes) is 35. The fourth-order valence-corrected chi connectivity index (χ4v) is 9.83. The molecule has 1 aliphatic rings. The first-order valence-electron chi connectivity index (χ1n) is 31.9. The maximum absolute atomic E-state index is 13.0. The lowest BCUT2D eigenvalue weighted by molar-refractivity contribution is -0.302. The summed E-state index contributed by atoms with van der Waals surface area (Å²) in [6, 6.07) is -0.834. The van der Waals surface area contributed by atoms with Gasteiger partial charge in [-0.05, 0) is 77.0 Å². The lowest BCUT2D eigenvalue weighted by Gasteiger charge is -2.40. The van der Waals surface area contributed by atoms with Gasteiger partial charge in [0.1, 0.15) is 24.4 Å². The molecule has 76 heavy (non-hydrogen) atoms. The number of ether oxygens (including phenoxy) is 3. The summed E-state index contributed by atoms with van der Waals surface area (Å²) in [5.41, 5.74) is 0. The zero-order chi connectivity index (χ0) is 55.2. The summed E-state index contributed by atoms with van der Waals surface area (Å²) < 4.78 is 16.7. The largest absolute Gasteiger partial charge is 0.466 e. The minimum absolute atomic E-state index is 0.00208. The number of allylic oxidation sites excluding steroid dienone is 7. The van der Waals surface area contributed by atoms with E-state index in [0.29, 0.717) is 19.4 Å². The van der Waals surface area contributed by atoms with Crippen molar-refractivity contribution in [1.29, 1.82) is 0 Å². The quantitative estimate of drug-likeness (QED) is 0.0195. The molecule has 1 fully saturated rings. The number of rotatable bonds is 55. The molecule has 1 rings (SSSR count). The Bertz CT molecular complexity index is 1400. The number of aliphatic hydroxyl groups is 5. The molecular formula is C65H119NO10. The van der Waals surface area contributed by atoms with Crippen molar-refractivity contribution in [2.24, 2.45) is 0 Å². The highest BCUT2D eigenvalue weighted by Crippen LogP contribution is 2.23. The van der Waals surface area contributed by atoms with E-state index in [0.717, 1.165) is 83.5 Å². The van der Waals surface area contributed by atoms with Crippen molar-refractivity contribution >= 4 is 11.9 Å². The molecule has 1 heterocycles. The number of amides is 1. The average Bonchev–Trinajstić information content (AvgIpc) is 3.42. The third kappa shape index (κ3) is 43.5. The van der Waals surface area contributed by atoms with Gasteiger partial charge in [-0.2, -0.15) is 0 Å². The highest BCUT2D eigenvalue weighted by atomic mass is 16.7. The van der Waals surface area contributed by atoms with E-state index in [1.54, 1.807) is 6.08 Å². The number of hydrogen-bond acceptors (Lipinski definition) is 10. The highest BCUT2D eigenvalue weighted by Gasteiger charge is 2.44. The molecule has 0 aromatic heterocycles. The van der Waals surface area contributed by atoms with E-state index in [1.165, 1.54) is 180 Å². The van der Waals surface area contributed by atoms with Gasteiger partial charge in [0.05, 0.1) is 32.0 Å². The summed E-state index contributed by atoms with van der Waals surface area (Å²) in [6.45, 7) is 4.27.